The zero-order chi connectivity index (χ0) is 25.2. The Morgan fingerprint density at radius 1 is 0.892 bits per heavy atom. The van der Waals surface area contributed by atoms with E-state index in [0.29, 0.717) is 5.82 Å². The van der Waals surface area contributed by atoms with Crippen molar-refractivity contribution in [2.75, 3.05) is 30.8 Å². The second-order valence-electron chi connectivity index (χ2n) is 9.42. The number of nitrogen functional groups attached to an aromatic ring is 1. The summed E-state index contributed by atoms with van der Waals surface area (Å²) in [5.74, 6) is 2.34. The van der Waals surface area contributed by atoms with Crippen LogP contribution in [0.4, 0.5) is 22.9 Å². The molecule has 4 aromatic rings. The summed E-state index contributed by atoms with van der Waals surface area (Å²) in [6, 6.07) is 27.3. The van der Waals surface area contributed by atoms with Gasteiger partial charge in [0.1, 0.15) is 23.4 Å². The number of methoxy groups -OCH3 is 1. The van der Waals surface area contributed by atoms with Gasteiger partial charge in [0.25, 0.3) is 0 Å². The second-order valence-corrected chi connectivity index (χ2v) is 10.5. The molecule has 1 aromatic heterocycles. The van der Waals surface area contributed by atoms with Crippen molar-refractivity contribution in [1.29, 1.82) is 0 Å². The van der Waals surface area contributed by atoms with E-state index in [1.807, 2.05) is 18.2 Å². The number of hydrogen-bond acceptors (Lipinski definition) is 7. The zero-order valence-electron chi connectivity index (χ0n) is 20.8. The number of para-hydroxylation sites is 1. The summed E-state index contributed by atoms with van der Waals surface area (Å²) in [5.41, 5.74) is 10.4. The van der Waals surface area contributed by atoms with Crippen molar-refractivity contribution in [2.24, 2.45) is 0 Å². The number of ether oxygens (including phenoxy) is 2. The number of anilines is 4. The van der Waals surface area contributed by atoms with E-state index in [0.717, 1.165) is 55.3 Å². The first-order valence-corrected chi connectivity index (χ1v) is 13.4. The summed E-state index contributed by atoms with van der Waals surface area (Å²) in [6.45, 7) is 2.91. The van der Waals surface area contributed by atoms with Crippen LogP contribution in [0.1, 0.15) is 18.4 Å². The minimum absolute atomic E-state index is 0.224. The Morgan fingerprint density at radius 2 is 1.65 bits per heavy atom. The summed E-state index contributed by atoms with van der Waals surface area (Å²) < 4.78 is 11.9. The molecule has 2 N–H and O–H groups in total. The Kier molecular flexibility index (Phi) is 6.64. The summed E-state index contributed by atoms with van der Waals surface area (Å²) in [6.07, 6.45) is 4.01. The van der Waals surface area contributed by atoms with Crippen LogP contribution >= 0.6 is 11.8 Å². The minimum Gasteiger partial charge on any atom is -0.497 e. The monoisotopic (exact) mass is 510 g/mol. The predicted octanol–water partition coefficient (Wildman–Crippen LogP) is 6.65. The molecule has 0 bridgehead atoms. The molecule has 3 heterocycles. The molecular weight excluding hydrogens is 480 g/mol. The maximum atomic E-state index is 6.39. The summed E-state index contributed by atoms with van der Waals surface area (Å²) in [7, 11) is 1.71. The Labute approximate surface area is 222 Å². The molecule has 1 saturated heterocycles. The molecule has 3 aromatic carbocycles. The van der Waals surface area contributed by atoms with Crippen molar-refractivity contribution in [3.63, 3.8) is 0 Å². The number of rotatable bonds is 6. The topological polar surface area (TPSA) is 63.9 Å². The maximum absolute atomic E-state index is 6.39. The van der Waals surface area contributed by atoms with Gasteiger partial charge >= 0.3 is 0 Å². The van der Waals surface area contributed by atoms with Gasteiger partial charge in [0.2, 0.25) is 0 Å². The van der Waals surface area contributed by atoms with E-state index in [1.54, 1.807) is 25.1 Å². The van der Waals surface area contributed by atoms with Gasteiger partial charge < -0.3 is 20.1 Å². The van der Waals surface area contributed by atoms with Crippen LogP contribution in [0.3, 0.4) is 0 Å². The average Bonchev–Trinajstić information content (AvgIpc) is 2.93. The molecule has 0 unspecified atom stereocenters. The number of hydrogen-bond donors (Lipinski definition) is 1. The first-order chi connectivity index (χ1) is 18.2. The molecule has 6 rings (SSSR count). The Morgan fingerprint density at radius 3 is 2.43 bits per heavy atom. The van der Waals surface area contributed by atoms with Crippen LogP contribution in [0.25, 0.3) is 0 Å². The fourth-order valence-corrected chi connectivity index (χ4v) is 6.08. The van der Waals surface area contributed by atoms with Crippen molar-refractivity contribution < 1.29 is 9.47 Å². The summed E-state index contributed by atoms with van der Waals surface area (Å²) in [4.78, 5) is 11.3. The molecule has 0 atom stereocenters. The lowest BCUT2D eigenvalue weighted by Gasteiger charge is -2.33. The normalized spacial score (nSPS) is 15.6. The standard InChI is InChI=1S/C30H30N4O2S/c1-35-25-10-11-29-27(19-25)34(26-4-2-3-5-28(26)37-29)22-6-8-23(9-7-22)36-24-13-16-33(17-14-24)20-21-12-15-32-30(31)18-21/h2-12,15,18-19,24H,13-14,16-17,20H2,1H3,(H2,31,32). The smallest absolute Gasteiger partial charge is 0.123 e. The number of nitrogens with zero attached hydrogens (tertiary/aromatic N) is 3. The molecule has 0 spiro atoms. The third kappa shape index (κ3) is 5.10. The van der Waals surface area contributed by atoms with Crippen molar-refractivity contribution in [1.82, 2.24) is 9.88 Å². The van der Waals surface area contributed by atoms with Crippen LogP contribution in [0, 0.1) is 0 Å². The SMILES string of the molecule is COc1ccc2c(c1)N(c1ccc(OC3CCN(Cc4ccnc(N)c4)CC3)cc1)c1ccccc1S2. The molecule has 37 heavy (non-hydrogen) atoms. The lowest BCUT2D eigenvalue weighted by molar-refractivity contribution is 0.0968. The van der Waals surface area contributed by atoms with E-state index in [4.69, 9.17) is 15.2 Å². The minimum atomic E-state index is 0.224. The number of piperidine rings is 1. The Hall–Kier alpha value is -3.68. The third-order valence-corrected chi connectivity index (χ3v) is 8.05. The van der Waals surface area contributed by atoms with E-state index >= 15 is 0 Å². The molecule has 7 heteroatoms. The molecule has 0 radical (unpaired) electrons. The van der Waals surface area contributed by atoms with Gasteiger partial charge in [-0.15, -0.1) is 0 Å². The van der Waals surface area contributed by atoms with Gasteiger partial charge in [0.05, 0.1) is 18.5 Å². The Bertz CT molecular complexity index is 1390. The lowest BCUT2D eigenvalue weighted by atomic mass is 10.1. The van der Waals surface area contributed by atoms with Crippen molar-refractivity contribution >= 4 is 34.6 Å². The van der Waals surface area contributed by atoms with Gasteiger partial charge in [-0.3, -0.25) is 4.90 Å². The number of fused-ring (bicyclic) bond motifs is 2. The fourth-order valence-electron chi connectivity index (χ4n) is 5.04. The highest BCUT2D eigenvalue weighted by atomic mass is 32.2. The highest BCUT2D eigenvalue weighted by Gasteiger charge is 2.26. The van der Waals surface area contributed by atoms with Crippen LogP contribution in [-0.2, 0) is 6.54 Å². The lowest BCUT2D eigenvalue weighted by Crippen LogP contribution is -2.37. The highest BCUT2D eigenvalue weighted by molar-refractivity contribution is 7.99. The molecule has 1 fully saturated rings. The number of pyridine rings is 1. The van der Waals surface area contributed by atoms with E-state index in [1.165, 1.54) is 21.0 Å². The van der Waals surface area contributed by atoms with Crippen LogP contribution in [0.5, 0.6) is 11.5 Å². The van der Waals surface area contributed by atoms with Crippen LogP contribution < -0.4 is 20.1 Å². The molecule has 2 aliphatic rings. The van der Waals surface area contributed by atoms with Crippen LogP contribution in [-0.4, -0.2) is 36.2 Å². The average molecular weight is 511 g/mol. The molecule has 2 aliphatic heterocycles. The molecule has 0 saturated carbocycles. The molecule has 6 nitrogen and oxygen atoms in total. The zero-order valence-corrected chi connectivity index (χ0v) is 21.7. The van der Waals surface area contributed by atoms with Gasteiger partial charge in [-0.1, -0.05) is 23.9 Å². The van der Waals surface area contributed by atoms with Gasteiger partial charge in [0, 0.05) is 47.4 Å². The Balaban J connectivity index is 1.15. The van der Waals surface area contributed by atoms with E-state index in [-0.39, 0.29) is 6.10 Å². The molecule has 0 amide bonds. The summed E-state index contributed by atoms with van der Waals surface area (Å²) in [5, 5.41) is 0. The second kappa shape index (κ2) is 10.4. The number of nitrogens with two attached hydrogens (primary N) is 1. The summed E-state index contributed by atoms with van der Waals surface area (Å²) >= 11 is 1.79. The largest absolute Gasteiger partial charge is 0.497 e. The predicted molar refractivity (Wildman–Crippen MR) is 149 cm³/mol. The van der Waals surface area contributed by atoms with E-state index in [9.17, 15) is 0 Å². The quantitative estimate of drug-likeness (QED) is 0.274. The van der Waals surface area contributed by atoms with Crippen molar-refractivity contribution in [3.8, 4) is 11.5 Å². The number of aromatic nitrogens is 1. The van der Waals surface area contributed by atoms with Gasteiger partial charge in [-0.2, -0.15) is 0 Å². The number of benzene rings is 3. The first-order valence-electron chi connectivity index (χ1n) is 12.6. The highest BCUT2D eigenvalue weighted by Crippen LogP contribution is 2.52. The first kappa shape index (κ1) is 23.7. The third-order valence-electron chi connectivity index (χ3n) is 6.92. The van der Waals surface area contributed by atoms with Crippen LogP contribution in [0.15, 0.2) is 94.9 Å². The molecule has 188 valence electrons. The van der Waals surface area contributed by atoms with Crippen molar-refractivity contribution in [3.05, 3.63) is 90.6 Å². The van der Waals surface area contributed by atoms with Gasteiger partial charge in [-0.25, -0.2) is 4.98 Å². The van der Waals surface area contributed by atoms with Crippen molar-refractivity contribution in [2.45, 2.75) is 35.3 Å². The van der Waals surface area contributed by atoms with Crippen LogP contribution in [0.2, 0.25) is 0 Å². The van der Waals surface area contributed by atoms with E-state index < -0.39 is 0 Å². The van der Waals surface area contributed by atoms with Gasteiger partial charge in [-0.05, 0) is 79.1 Å². The number of likely N-dealkylation sites (tertiary alicyclic amines) is 1. The fraction of sp³-hybridized carbons (Fsp3) is 0.233. The van der Waals surface area contributed by atoms with Gasteiger partial charge in [0.15, 0.2) is 0 Å². The molecule has 0 aliphatic carbocycles. The molecular formula is C30H30N4O2S. The van der Waals surface area contributed by atoms with E-state index in [2.05, 4.69) is 75.4 Å². The maximum Gasteiger partial charge on any atom is 0.123 e.